The Morgan fingerprint density at radius 2 is 1.74 bits per heavy atom. The van der Waals surface area contributed by atoms with Crippen molar-refractivity contribution in [2.24, 2.45) is 0 Å². The van der Waals surface area contributed by atoms with Crippen LogP contribution in [0.4, 0.5) is 9.59 Å². The smallest absolute Gasteiger partial charge is 0.418 e. The van der Waals surface area contributed by atoms with E-state index in [4.69, 9.17) is 4.74 Å². The van der Waals surface area contributed by atoms with E-state index >= 15 is 0 Å². The number of carbonyl (C=O) groups excluding carboxylic acids is 4. The van der Waals surface area contributed by atoms with Gasteiger partial charge in [0.1, 0.15) is 5.60 Å². The molecule has 0 bridgehead atoms. The van der Waals surface area contributed by atoms with Crippen molar-refractivity contribution in [1.29, 1.82) is 0 Å². The molecule has 0 unspecified atom stereocenters. The number of imide groups is 1. The third-order valence-corrected chi connectivity index (χ3v) is 2.30. The predicted octanol–water partition coefficient (Wildman–Crippen LogP) is 1.36. The van der Waals surface area contributed by atoms with Crippen LogP contribution in [-0.2, 0) is 19.2 Å². The molecule has 1 N–H and O–H groups in total. The van der Waals surface area contributed by atoms with Gasteiger partial charge in [0, 0.05) is 12.8 Å². The standard InChI is InChI=1S/C10H14N2O6S/c1-10(2,3)17-8(15)11-19-9(16)18-12-6(13)4-5-7(12)14/h4-5H2,1-3H3,(H,11,15). The topological polar surface area (TPSA) is 102 Å². The lowest BCUT2D eigenvalue weighted by Gasteiger charge is -2.19. The van der Waals surface area contributed by atoms with E-state index in [2.05, 4.69) is 9.56 Å². The monoisotopic (exact) mass is 290 g/mol. The van der Waals surface area contributed by atoms with E-state index in [1.165, 1.54) is 0 Å². The van der Waals surface area contributed by atoms with Crippen LogP contribution in [0.3, 0.4) is 0 Å². The normalized spacial score (nSPS) is 15.4. The fourth-order valence-corrected chi connectivity index (χ4v) is 1.45. The second-order valence-corrected chi connectivity index (χ2v) is 5.37. The number of nitrogens with zero attached hydrogens (tertiary/aromatic N) is 1. The molecular formula is C10H14N2O6S. The molecule has 0 aromatic heterocycles. The van der Waals surface area contributed by atoms with E-state index in [0.29, 0.717) is 5.06 Å². The van der Waals surface area contributed by atoms with Crippen LogP contribution in [0.25, 0.3) is 0 Å². The van der Waals surface area contributed by atoms with Gasteiger partial charge in [-0.3, -0.25) is 14.3 Å². The Morgan fingerprint density at radius 1 is 1.21 bits per heavy atom. The highest BCUT2D eigenvalue weighted by molar-refractivity contribution is 8.12. The average molecular weight is 290 g/mol. The van der Waals surface area contributed by atoms with Gasteiger partial charge >= 0.3 is 11.4 Å². The zero-order chi connectivity index (χ0) is 14.6. The highest BCUT2D eigenvalue weighted by Gasteiger charge is 2.33. The summed E-state index contributed by atoms with van der Waals surface area (Å²) in [6.45, 7) is 4.99. The molecule has 1 aliphatic rings. The number of ether oxygens (including phenoxy) is 1. The van der Waals surface area contributed by atoms with E-state index in [9.17, 15) is 19.2 Å². The van der Waals surface area contributed by atoms with Crippen LogP contribution in [0.5, 0.6) is 0 Å². The summed E-state index contributed by atoms with van der Waals surface area (Å²) in [5.74, 6) is -1.17. The molecule has 0 aromatic carbocycles. The highest BCUT2D eigenvalue weighted by Crippen LogP contribution is 2.15. The van der Waals surface area contributed by atoms with Crippen LogP contribution in [0.1, 0.15) is 33.6 Å². The quantitative estimate of drug-likeness (QED) is 0.574. The summed E-state index contributed by atoms with van der Waals surface area (Å²) in [5, 5.41) is -0.610. The summed E-state index contributed by atoms with van der Waals surface area (Å²) in [7, 11) is 0. The summed E-state index contributed by atoms with van der Waals surface area (Å²) in [5.41, 5.74) is -0.699. The van der Waals surface area contributed by atoms with E-state index in [-0.39, 0.29) is 24.8 Å². The molecule has 106 valence electrons. The molecule has 1 fully saturated rings. The molecule has 0 spiro atoms. The molecular weight excluding hydrogens is 276 g/mol. The zero-order valence-electron chi connectivity index (χ0n) is 10.7. The summed E-state index contributed by atoms with van der Waals surface area (Å²) >= 11 is 0.284. The number of hydrogen-bond acceptors (Lipinski definition) is 7. The third-order valence-electron chi connectivity index (χ3n) is 1.79. The molecule has 0 saturated carbocycles. The minimum absolute atomic E-state index is 0.0102. The van der Waals surface area contributed by atoms with Gasteiger partial charge in [-0.1, -0.05) is 0 Å². The summed E-state index contributed by atoms with van der Waals surface area (Å²) in [4.78, 5) is 49.3. The van der Waals surface area contributed by atoms with Gasteiger partial charge in [0.25, 0.3) is 11.8 Å². The molecule has 0 radical (unpaired) electrons. The first-order chi connectivity index (χ1) is 8.69. The minimum atomic E-state index is -1.01. The lowest BCUT2D eigenvalue weighted by atomic mass is 10.2. The Morgan fingerprint density at radius 3 is 2.21 bits per heavy atom. The van der Waals surface area contributed by atoms with Crippen LogP contribution >= 0.6 is 11.9 Å². The molecule has 9 heteroatoms. The maximum Gasteiger partial charge on any atom is 0.418 e. The average Bonchev–Trinajstić information content (AvgIpc) is 2.56. The zero-order valence-corrected chi connectivity index (χ0v) is 11.5. The maximum atomic E-state index is 11.3. The second kappa shape index (κ2) is 5.91. The fraction of sp³-hybridized carbons (Fsp3) is 0.600. The van der Waals surface area contributed by atoms with Crippen LogP contribution < -0.4 is 4.72 Å². The lowest BCUT2D eigenvalue weighted by Crippen LogP contribution is -2.33. The van der Waals surface area contributed by atoms with Gasteiger partial charge in [0.05, 0.1) is 11.9 Å². The largest absolute Gasteiger partial charge is 0.443 e. The minimum Gasteiger partial charge on any atom is -0.443 e. The van der Waals surface area contributed by atoms with E-state index in [1.807, 2.05) is 0 Å². The number of hydroxylamine groups is 2. The molecule has 0 aliphatic carbocycles. The van der Waals surface area contributed by atoms with Crippen molar-refractivity contribution in [1.82, 2.24) is 9.79 Å². The Labute approximate surface area is 113 Å². The first-order valence-corrected chi connectivity index (χ1v) is 6.24. The molecule has 1 aliphatic heterocycles. The van der Waals surface area contributed by atoms with Crippen molar-refractivity contribution in [3.05, 3.63) is 0 Å². The molecule has 0 atom stereocenters. The number of hydrogen-bond donors (Lipinski definition) is 1. The van der Waals surface area contributed by atoms with Crippen molar-refractivity contribution in [3.63, 3.8) is 0 Å². The van der Waals surface area contributed by atoms with Gasteiger partial charge in [-0.2, -0.15) is 0 Å². The van der Waals surface area contributed by atoms with Gasteiger partial charge in [-0.05, 0) is 20.8 Å². The predicted molar refractivity (Wildman–Crippen MR) is 64.5 cm³/mol. The van der Waals surface area contributed by atoms with Crippen molar-refractivity contribution in [2.45, 2.75) is 39.2 Å². The third kappa shape index (κ3) is 5.16. The number of nitrogens with one attached hydrogen (secondary N) is 1. The number of rotatable bonds is 1. The molecule has 0 aromatic rings. The Kier molecular flexibility index (Phi) is 4.76. The molecule has 19 heavy (non-hydrogen) atoms. The van der Waals surface area contributed by atoms with Crippen LogP contribution in [0.15, 0.2) is 0 Å². The number of carbonyl (C=O) groups is 4. The van der Waals surface area contributed by atoms with E-state index in [0.717, 1.165) is 0 Å². The molecule has 8 nitrogen and oxygen atoms in total. The van der Waals surface area contributed by atoms with Crippen LogP contribution in [0.2, 0.25) is 0 Å². The lowest BCUT2D eigenvalue weighted by molar-refractivity contribution is -0.169. The Bertz CT molecular complexity index is 401. The highest BCUT2D eigenvalue weighted by atomic mass is 32.2. The first kappa shape index (κ1) is 15.3. The number of amides is 3. The van der Waals surface area contributed by atoms with Crippen molar-refractivity contribution in [2.75, 3.05) is 0 Å². The van der Waals surface area contributed by atoms with Crippen molar-refractivity contribution >= 4 is 35.2 Å². The van der Waals surface area contributed by atoms with Crippen molar-refractivity contribution in [3.8, 4) is 0 Å². The Hall–Kier alpha value is -1.77. The van der Waals surface area contributed by atoms with Crippen LogP contribution in [-0.4, -0.2) is 33.9 Å². The Balaban J connectivity index is 2.34. The fourth-order valence-electron chi connectivity index (χ4n) is 1.13. The summed E-state index contributed by atoms with van der Waals surface area (Å²) < 4.78 is 6.95. The van der Waals surface area contributed by atoms with Gasteiger partial charge < -0.3 is 9.57 Å². The molecule has 3 amide bonds. The SMILES string of the molecule is CC(C)(C)OC(=O)NSC(=O)ON1C(=O)CCC1=O. The molecule has 1 heterocycles. The van der Waals surface area contributed by atoms with E-state index in [1.54, 1.807) is 20.8 Å². The van der Waals surface area contributed by atoms with Crippen molar-refractivity contribution < 1.29 is 28.8 Å². The molecule has 1 rings (SSSR count). The van der Waals surface area contributed by atoms with Gasteiger partial charge in [-0.15, -0.1) is 5.06 Å². The summed E-state index contributed by atoms with van der Waals surface area (Å²) in [6.07, 6.45) is -0.805. The summed E-state index contributed by atoms with van der Waals surface area (Å²) in [6, 6.07) is 0. The second-order valence-electron chi connectivity index (χ2n) is 4.63. The van der Waals surface area contributed by atoms with Gasteiger partial charge in [0.15, 0.2) is 0 Å². The maximum absolute atomic E-state index is 11.3. The van der Waals surface area contributed by atoms with Gasteiger partial charge in [-0.25, -0.2) is 9.59 Å². The van der Waals surface area contributed by atoms with E-state index < -0.39 is 28.8 Å². The first-order valence-electron chi connectivity index (χ1n) is 5.42. The van der Waals surface area contributed by atoms with Crippen LogP contribution in [0, 0.1) is 0 Å². The molecule has 1 saturated heterocycles. The van der Waals surface area contributed by atoms with Gasteiger partial charge in [0.2, 0.25) is 0 Å².